The number of fused-ring (bicyclic) bond motifs is 1. The Hall–Kier alpha value is -1.99. The first kappa shape index (κ1) is 13.7. The van der Waals surface area contributed by atoms with E-state index in [1.807, 2.05) is 13.0 Å². The number of H-pyrrole nitrogens is 1. The number of nitrogens with zero attached hydrogens (tertiary/aromatic N) is 3. The summed E-state index contributed by atoms with van der Waals surface area (Å²) in [6, 6.07) is 6.78. The number of aromatic nitrogens is 4. The monoisotopic (exact) mass is 314 g/mol. The molecule has 3 heterocycles. The molecule has 0 amide bonds. The van der Waals surface area contributed by atoms with Gasteiger partial charge in [0.05, 0.1) is 11.2 Å². The van der Waals surface area contributed by atoms with Crippen LogP contribution in [0.4, 0.5) is 5.13 Å². The van der Waals surface area contributed by atoms with Gasteiger partial charge in [0, 0.05) is 23.5 Å². The Bertz CT molecular complexity index is 786. The van der Waals surface area contributed by atoms with Gasteiger partial charge in [0.15, 0.2) is 0 Å². The maximum Gasteiger partial charge on any atom is 0.206 e. The van der Waals surface area contributed by atoms with Gasteiger partial charge in [-0.1, -0.05) is 11.3 Å². The van der Waals surface area contributed by atoms with Crippen LogP contribution in [0.5, 0.6) is 0 Å². The summed E-state index contributed by atoms with van der Waals surface area (Å²) in [6.07, 6.45) is 2.49. The predicted octanol–water partition coefficient (Wildman–Crippen LogP) is 2.55. The Balaban J connectivity index is 1.52. The molecular formula is C15H18N6S. The Morgan fingerprint density at radius 2 is 2.32 bits per heavy atom. The van der Waals surface area contributed by atoms with E-state index in [1.54, 1.807) is 11.3 Å². The van der Waals surface area contributed by atoms with E-state index in [0.717, 1.165) is 45.4 Å². The summed E-state index contributed by atoms with van der Waals surface area (Å²) in [5, 5.41) is 25.6. The lowest BCUT2D eigenvalue weighted by molar-refractivity contribution is 0.633. The van der Waals surface area contributed by atoms with Crippen molar-refractivity contribution in [2.45, 2.75) is 25.8 Å². The first-order valence-corrected chi connectivity index (χ1v) is 8.37. The third-order valence-electron chi connectivity index (χ3n) is 4.09. The van der Waals surface area contributed by atoms with E-state index in [-0.39, 0.29) is 0 Å². The van der Waals surface area contributed by atoms with E-state index in [2.05, 4.69) is 43.2 Å². The molecule has 6 nitrogen and oxygen atoms in total. The zero-order valence-corrected chi connectivity index (χ0v) is 13.2. The minimum absolute atomic E-state index is 0.553. The third-order valence-corrected chi connectivity index (χ3v) is 5.02. The van der Waals surface area contributed by atoms with Gasteiger partial charge in [-0.15, -0.1) is 10.2 Å². The van der Waals surface area contributed by atoms with Crippen LogP contribution < -0.4 is 10.6 Å². The van der Waals surface area contributed by atoms with Crippen LogP contribution in [0.15, 0.2) is 18.2 Å². The normalized spacial score (nSPS) is 18.1. The molecule has 1 atom stereocenters. The van der Waals surface area contributed by atoms with Crippen LogP contribution >= 0.6 is 11.3 Å². The van der Waals surface area contributed by atoms with E-state index in [9.17, 15) is 0 Å². The number of aryl methyl sites for hydroxylation is 1. The molecule has 1 unspecified atom stereocenters. The number of hydrogen-bond donors (Lipinski definition) is 3. The van der Waals surface area contributed by atoms with Crippen LogP contribution in [0.25, 0.3) is 21.5 Å². The van der Waals surface area contributed by atoms with Gasteiger partial charge in [0.2, 0.25) is 5.13 Å². The van der Waals surface area contributed by atoms with Crippen molar-refractivity contribution in [1.82, 2.24) is 25.7 Å². The second-order valence-corrected chi connectivity index (χ2v) is 6.63. The van der Waals surface area contributed by atoms with E-state index in [1.165, 1.54) is 12.8 Å². The van der Waals surface area contributed by atoms with Crippen molar-refractivity contribution in [3.05, 3.63) is 23.9 Å². The smallest absolute Gasteiger partial charge is 0.206 e. The summed E-state index contributed by atoms with van der Waals surface area (Å²) < 4.78 is 0. The number of rotatable bonds is 4. The van der Waals surface area contributed by atoms with Crippen molar-refractivity contribution in [1.29, 1.82) is 0 Å². The third kappa shape index (κ3) is 2.57. The van der Waals surface area contributed by atoms with Gasteiger partial charge in [-0.25, -0.2) is 0 Å². The molecule has 0 spiro atoms. The molecule has 3 aromatic rings. The standard InChI is InChI=1S/C15H18N6S/c1-9-12-7-10(4-5-13(12)19-18-9)14-20-21-15(22-14)17-8-11-3-2-6-16-11/h4-5,7,11,16H,2-3,6,8H2,1H3,(H,17,21)(H,18,19). The fraction of sp³-hybridized carbons (Fsp3) is 0.400. The molecular weight excluding hydrogens is 296 g/mol. The largest absolute Gasteiger partial charge is 0.359 e. The fourth-order valence-corrected chi connectivity index (χ4v) is 3.58. The van der Waals surface area contributed by atoms with Gasteiger partial charge in [0.1, 0.15) is 5.01 Å². The lowest BCUT2D eigenvalue weighted by atomic mass is 10.1. The summed E-state index contributed by atoms with van der Waals surface area (Å²) in [6.45, 7) is 4.04. The highest BCUT2D eigenvalue weighted by Crippen LogP contribution is 2.29. The van der Waals surface area contributed by atoms with E-state index < -0.39 is 0 Å². The molecule has 1 aliphatic heterocycles. The van der Waals surface area contributed by atoms with Gasteiger partial charge < -0.3 is 10.6 Å². The summed E-state index contributed by atoms with van der Waals surface area (Å²) in [5.74, 6) is 0. The lowest BCUT2D eigenvalue weighted by Crippen LogP contribution is -2.29. The molecule has 0 bridgehead atoms. The van der Waals surface area contributed by atoms with Gasteiger partial charge in [-0.2, -0.15) is 5.10 Å². The first-order chi connectivity index (χ1) is 10.8. The number of anilines is 1. The van der Waals surface area contributed by atoms with Crippen molar-refractivity contribution >= 4 is 27.4 Å². The number of nitrogens with one attached hydrogen (secondary N) is 3. The Kier molecular flexibility index (Phi) is 3.51. The average Bonchev–Trinajstić information content (AvgIpc) is 3.26. The van der Waals surface area contributed by atoms with Gasteiger partial charge >= 0.3 is 0 Å². The lowest BCUT2D eigenvalue weighted by Gasteiger charge is -2.09. The number of aromatic amines is 1. The SMILES string of the molecule is Cc1n[nH]c2ccc(-c3nnc(NCC4CCCN4)s3)cc12. The highest BCUT2D eigenvalue weighted by Gasteiger charge is 2.15. The second-order valence-electron chi connectivity index (χ2n) is 5.66. The van der Waals surface area contributed by atoms with Crippen LogP contribution in [0, 0.1) is 6.92 Å². The van der Waals surface area contributed by atoms with Gasteiger partial charge in [0.25, 0.3) is 0 Å². The molecule has 1 aliphatic rings. The molecule has 1 saturated heterocycles. The van der Waals surface area contributed by atoms with Crippen molar-refractivity contribution in [2.75, 3.05) is 18.4 Å². The molecule has 1 aromatic carbocycles. The molecule has 7 heteroatoms. The second kappa shape index (κ2) is 5.66. The van der Waals surface area contributed by atoms with Crippen molar-refractivity contribution in [3.8, 4) is 10.6 Å². The van der Waals surface area contributed by atoms with Crippen LogP contribution in [0.2, 0.25) is 0 Å². The molecule has 1 fully saturated rings. The maximum absolute atomic E-state index is 4.31. The van der Waals surface area contributed by atoms with Crippen LogP contribution in [0.1, 0.15) is 18.5 Å². The van der Waals surface area contributed by atoms with Gasteiger partial charge in [-0.05, 0) is 44.5 Å². The van der Waals surface area contributed by atoms with Crippen molar-refractivity contribution in [3.63, 3.8) is 0 Å². The molecule has 0 aliphatic carbocycles. The quantitative estimate of drug-likeness (QED) is 0.690. The highest BCUT2D eigenvalue weighted by atomic mass is 32.1. The molecule has 0 radical (unpaired) electrons. The van der Waals surface area contributed by atoms with Crippen molar-refractivity contribution in [2.24, 2.45) is 0 Å². The minimum Gasteiger partial charge on any atom is -0.359 e. The summed E-state index contributed by atoms with van der Waals surface area (Å²) in [4.78, 5) is 0. The summed E-state index contributed by atoms with van der Waals surface area (Å²) >= 11 is 1.59. The van der Waals surface area contributed by atoms with E-state index in [4.69, 9.17) is 0 Å². The highest BCUT2D eigenvalue weighted by molar-refractivity contribution is 7.18. The minimum atomic E-state index is 0.553. The maximum atomic E-state index is 4.31. The summed E-state index contributed by atoms with van der Waals surface area (Å²) in [7, 11) is 0. The molecule has 4 rings (SSSR count). The van der Waals surface area contributed by atoms with E-state index >= 15 is 0 Å². The van der Waals surface area contributed by atoms with Crippen LogP contribution in [-0.2, 0) is 0 Å². The van der Waals surface area contributed by atoms with Gasteiger partial charge in [-0.3, -0.25) is 5.10 Å². The number of benzene rings is 1. The van der Waals surface area contributed by atoms with Crippen LogP contribution in [-0.4, -0.2) is 39.5 Å². The molecule has 22 heavy (non-hydrogen) atoms. The Morgan fingerprint density at radius 3 is 3.18 bits per heavy atom. The summed E-state index contributed by atoms with van der Waals surface area (Å²) in [5.41, 5.74) is 3.14. The molecule has 2 aromatic heterocycles. The number of hydrogen-bond acceptors (Lipinski definition) is 6. The molecule has 0 saturated carbocycles. The zero-order chi connectivity index (χ0) is 14.9. The topological polar surface area (TPSA) is 78.5 Å². The molecule has 3 N–H and O–H groups in total. The predicted molar refractivity (Wildman–Crippen MR) is 89.2 cm³/mol. The average molecular weight is 314 g/mol. The fourth-order valence-electron chi connectivity index (χ4n) is 2.83. The van der Waals surface area contributed by atoms with E-state index in [0.29, 0.717) is 6.04 Å². The van der Waals surface area contributed by atoms with Crippen molar-refractivity contribution < 1.29 is 0 Å². The first-order valence-electron chi connectivity index (χ1n) is 7.55. The van der Waals surface area contributed by atoms with Crippen LogP contribution in [0.3, 0.4) is 0 Å². The molecule has 114 valence electrons. The Labute approximate surface area is 132 Å². The zero-order valence-electron chi connectivity index (χ0n) is 12.4. The Morgan fingerprint density at radius 1 is 1.36 bits per heavy atom.